The lowest BCUT2D eigenvalue weighted by Gasteiger charge is -1.99. The van der Waals surface area contributed by atoms with Gasteiger partial charge in [0.2, 0.25) is 0 Å². The third kappa shape index (κ3) is 2.75. The van der Waals surface area contributed by atoms with E-state index in [9.17, 15) is 9.90 Å². The van der Waals surface area contributed by atoms with E-state index < -0.39 is 5.63 Å². The molecule has 6 nitrogen and oxygen atoms in total. The minimum absolute atomic E-state index is 0.00914. The van der Waals surface area contributed by atoms with Gasteiger partial charge < -0.3 is 13.9 Å². The lowest BCUT2D eigenvalue weighted by Crippen LogP contribution is -1.97. The molecule has 0 aliphatic rings. The van der Waals surface area contributed by atoms with Crippen molar-refractivity contribution >= 4 is 33.5 Å². The number of aromatic hydroxyl groups is 1. The summed E-state index contributed by atoms with van der Waals surface area (Å²) in [5.41, 5.74) is 3.04. The zero-order valence-corrected chi connectivity index (χ0v) is 14.3. The van der Waals surface area contributed by atoms with Crippen LogP contribution in [0.3, 0.4) is 0 Å². The highest BCUT2D eigenvalue weighted by molar-refractivity contribution is 5.99. The van der Waals surface area contributed by atoms with Crippen molar-refractivity contribution in [1.29, 1.82) is 0 Å². The van der Waals surface area contributed by atoms with E-state index in [2.05, 4.69) is 17.2 Å². The van der Waals surface area contributed by atoms with E-state index in [-0.39, 0.29) is 11.6 Å². The van der Waals surface area contributed by atoms with Crippen LogP contribution < -0.4 is 5.63 Å². The second-order valence-corrected chi connectivity index (χ2v) is 6.07. The van der Waals surface area contributed by atoms with Crippen molar-refractivity contribution < 1.29 is 13.9 Å². The molecule has 0 radical (unpaired) electrons. The summed E-state index contributed by atoms with van der Waals surface area (Å²) in [5, 5.41) is 19.7. The summed E-state index contributed by atoms with van der Waals surface area (Å²) in [7, 11) is 0. The first-order valence-corrected chi connectivity index (χ1v) is 8.26. The minimum Gasteiger partial charge on any atom is -0.503 e. The van der Waals surface area contributed by atoms with Gasteiger partial charge in [0.1, 0.15) is 11.2 Å². The number of fused-ring (bicyclic) bond motifs is 2. The van der Waals surface area contributed by atoms with Gasteiger partial charge in [-0.3, -0.25) is 0 Å². The number of nitrogens with zero attached hydrogens (tertiary/aromatic N) is 2. The fourth-order valence-corrected chi connectivity index (χ4v) is 2.85. The van der Waals surface area contributed by atoms with Crippen LogP contribution in [0.25, 0.3) is 21.9 Å². The topological polar surface area (TPSA) is 88.3 Å². The van der Waals surface area contributed by atoms with Crippen molar-refractivity contribution in [3.63, 3.8) is 0 Å². The molecule has 6 heteroatoms. The molecule has 4 rings (SSSR count). The molecule has 2 aromatic carbocycles. The average Bonchev–Trinajstić information content (AvgIpc) is 2.94. The maximum absolute atomic E-state index is 11.5. The number of azo groups is 1. The van der Waals surface area contributed by atoms with Crippen molar-refractivity contribution in [3.05, 3.63) is 64.0 Å². The summed E-state index contributed by atoms with van der Waals surface area (Å²) < 4.78 is 10.8. The molecule has 0 aliphatic carbocycles. The summed E-state index contributed by atoms with van der Waals surface area (Å²) in [6.45, 7) is 3.89. The summed E-state index contributed by atoms with van der Waals surface area (Å²) in [6, 6.07) is 12.4. The lowest BCUT2D eigenvalue weighted by atomic mass is 10.1. The second kappa shape index (κ2) is 6.15. The van der Waals surface area contributed by atoms with Gasteiger partial charge in [-0.15, -0.1) is 10.2 Å². The van der Waals surface area contributed by atoms with Gasteiger partial charge in [-0.25, -0.2) is 4.79 Å². The fourth-order valence-electron chi connectivity index (χ4n) is 2.85. The molecule has 26 heavy (non-hydrogen) atoms. The summed E-state index contributed by atoms with van der Waals surface area (Å²) >= 11 is 0. The Labute approximate surface area is 148 Å². The maximum Gasteiger partial charge on any atom is 0.336 e. The van der Waals surface area contributed by atoms with Crippen LogP contribution >= 0.6 is 0 Å². The van der Waals surface area contributed by atoms with Crippen LogP contribution in [0, 0.1) is 6.92 Å². The zero-order valence-electron chi connectivity index (χ0n) is 14.3. The van der Waals surface area contributed by atoms with Crippen molar-refractivity contribution in [2.45, 2.75) is 20.3 Å². The standard InChI is InChI=1S/C20H16N2O4/c1-3-12-4-6-13(7-5-12)21-22-20-19(24)15-10-16-14(9-17(15)26-20)11(2)8-18(23)25-16/h4-10,24H,3H2,1-2H3. The monoisotopic (exact) mass is 348 g/mol. The molecular weight excluding hydrogens is 332 g/mol. The van der Waals surface area contributed by atoms with E-state index >= 15 is 0 Å². The molecule has 0 saturated carbocycles. The van der Waals surface area contributed by atoms with Crippen LogP contribution in [0.15, 0.2) is 66.3 Å². The molecule has 4 aromatic rings. The molecule has 0 unspecified atom stereocenters. The largest absolute Gasteiger partial charge is 0.503 e. The average molecular weight is 348 g/mol. The summed E-state index contributed by atoms with van der Waals surface area (Å²) in [5.74, 6) is -0.130. The number of aryl methyl sites for hydroxylation is 2. The molecule has 0 fully saturated rings. The Bertz CT molecular complexity index is 1200. The van der Waals surface area contributed by atoms with E-state index in [1.54, 1.807) is 12.1 Å². The van der Waals surface area contributed by atoms with Gasteiger partial charge in [-0.2, -0.15) is 0 Å². The number of furan rings is 1. The highest BCUT2D eigenvalue weighted by Gasteiger charge is 2.16. The first-order chi connectivity index (χ1) is 12.5. The Morgan fingerprint density at radius 1 is 0.962 bits per heavy atom. The minimum atomic E-state index is -0.437. The third-order valence-corrected chi connectivity index (χ3v) is 4.32. The van der Waals surface area contributed by atoms with Gasteiger partial charge in [0, 0.05) is 11.5 Å². The molecule has 0 spiro atoms. The Kier molecular flexibility index (Phi) is 3.80. The Hall–Kier alpha value is -3.41. The van der Waals surface area contributed by atoms with Crippen LogP contribution in [0.2, 0.25) is 0 Å². The first-order valence-electron chi connectivity index (χ1n) is 8.26. The van der Waals surface area contributed by atoms with Crippen LogP contribution in [0.1, 0.15) is 18.1 Å². The van der Waals surface area contributed by atoms with Crippen LogP contribution in [0.5, 0.6) is 5.75 Å². The molecule has 0 atom stereocenters. The van der Waals surface area contributed by atoms with Gasteiger partial charge >= 0.3 is 5.63 Å². The van der Waals surface area contributed by atoms with E-state index in [0.29, 0.717) is 22.2 Å². The Morgan fingerprint density at radius 3 is 2.38 bits per heavy atom. The molecule has 0 saturated heterocycles. The quantitative estimate of drug-likeness (QED) is 0.389. The van der Waals surface area contributed by atoms with Gasteiger partial charge in [0.05, 0.1) is 11.1 Å². The van der Waals surface area contributed by atoms with Crippen LogP contribution in [-0.2, 0) is 6.42 Å². The van der Waals surface area contributed by atoms with Gasteiger partial charge in [-0.05, 0) is 48.7 Å². The van der Waals surface area contributed by atoms with E-state index in [0.717, 1.165) is 17.4 Å². The molecule has 130 valence electrons. The Balaban J connectivity index is 1.79. The fraction of sp³-hybridized carbons (Fsp3) is 0.150. The third-order valence-electron chi connectivity index (χ3n) is 4.32. The smallest absolute Gasteiger partial charge is 0.336 e. The molecule has 2 aromatic heterocycles. The number of hydrogen-bond acceptors (Lipinski definition) is 6. The predicted octanol–water partition coefficient (Wildman–Crippen LogP) is 5.53. The molecule has 0 amide bonds. The summed E-state index contributed by atoms with van der Waals surface area (Å²) in [4.78, 5) is 11.5. The number of rotatable bonds is 3. The van der Waals surface area contributed by atoms with Crippen molar-refractivity contribution in [3.8, 4) is 5.75 Å². The first kappa shape index (κ1) is 16.1. The second-order valence-electron chi connectivity index (χ2n) is 6.07. The van der Waals surface area contributed by atoms with Crippen molar-refractivity contribution in [1.82, 2.24) is 0 Å². The van der Waals surface area contributed by atoms with Gasteiger partial charge in [-0.1, -0.05) is 19.1 Å². The number of benzene rings is 2. The highest BCUT2D eigenvalue weighted by Crippen LogP contribution is 2.40. The van der Waals surface area contributed by atoms with Crippen molar-refractivity contribution in [2.24, 2.45) is 10.2 Å². The molecule has 0 bridgehead atoms. The Morgan fingerprint density at radius 2 is 1.65 bits per heavy atom. The SMILES string of the molecule is CCc1ccc(N=Nc2oc3cc4c(C)cc(=O)oc4cc3c2O)cc1. The lowest BCUT2D eigenvalue weighted by molar-refractivity contribution is 0.467. The van der Waals surface area contributed by atoms with Crippen molar-refractivity contribution in [2.75, 3.05) is 0 Å². The van der Waals surface area contributed by atoms with Crippen LogP contribution in [0.4, 0.5) is 11.6 Å². The normalized spacial score (nSPS) is 11.8. The van der Waals surface area contributed by atoms with Gasteiger partial charge in [0.15, 0.2) is 5.75 Å². The van der Waals surface area contributed by atoms with Crippen LogP contribution in [-0.4, -0.2) is 5.11 Å². The molecule has 2 heterocycles. The molecular formula is C20H16N2O4. The van der Waals surface area contributed by atoms with Gasteiger partial charge in [0.25, 0.3) is 5.88 Å². The van der Waals surface area contributed by atoms with E-state index in [1.165, 1.54) is 11.6 Å². The predicted molar refractivity (Wildman–Crippen MR) is 98.7 cm³/mol. The highest BCUT2D eigenvalue weighted by atomic mass is 16.4. The summed E-state index contributed by atoms with van der Waals surface area (Å²) in [6.07, 6.45) is 0.949. The maximum atomic E-state index is 11.5. The molecule has 1 N–H and O–H groups in total. The van der Waals surface area contributed by atoms with E-state index in [4.69, 9.17) is 8.83 Å². The molecule has 0 aliphatic heterocycles. The van der Waals surface area contributed by atoms with E-state index in [1.807, 2.05) is 31.2 Å². The zero-order chi connectivity index (χ0) is 18.3. The number of hydrogen-bond donors (Lipinski definition) is 1.